The van der Waals surface area contributed by atoms with E-state index >= 15 is 0 Å². The second kappa shape index (κ2) is 7.12. The first-order valence-electron chi connectivity index (χ1n) is 6.82. The zero-order valence-electron chi connectivity index (χ0n) is 12.2. The summed E-state index contributed by atoms with van der Waals surface area (Å²) >= 11 is 0. The minimum atomic E-state index is -0.766. The first-order valence-corrected chi connectivity index (χ1v) is 6.82. The summed E-state index contributed by atoms with van der Waals surface area (Å²) in [4.78, 5) is 35.6. The monoisotopic (exact) mass is 285 g/mol. The molecule has 1 aliphatic carbocycles. The molecule has 114 valence electrons. The third-order valence-electron chi connectivity index (χ3n) is 3.57. The second-order valence-corrected chi connectivity index (χ2v) is 5.46. The molecule has 0 aromatic heterocycles. The van der Waals surface area contributed by atoms with Crippen molar-refractivity contribution in [2.75, 3.05) is 14.1 Å². The summed E-state index contributed by atoms with van der Waals surface area (Å²) in [6, 6.07) is -0.987. The molecule has 3 amide bonds. The van der Waals surface area contributed by atoms with E-state index in [4.69, 9.17) is 5.11 Å². The van der Waals surface area contributed by atoms with Crippen LogP contribution in [0.2, 0.25) is 0 Å². The number of carboxylic acids is 1. The maximum Gasteiger partial charge on any atom is 0.315 e. The van der Waals surface area contributed by atoms with E-state index in [0.717, 1.165) is 0 Å². The van der Waals surface area contributed by atoms with E-state index in [-0.39, 0.29) is 23.9 Å². The van der Waals surface area contributed by atoms with Crippen LogP contribution in [0, 0.1) is 5.92 Å². The van der Waals surface area contributed by atoms with Crippen molar-refractivity contribution in [3.8, 4) is 0 Å². The van der Waals surface area contributed by atoms with Gasteiger partial charge in [0.2, 0.25) is 5.91 Å². The Morgan fingerprint density at radius 2 is 1.70 bits per heavy atom. The normalized spacial score (nSPS) is 23.6. The number of hydrogen-bond acceptors (Lipinski definition) is 3. The molecule has 0 saturated heterocycles. The molecule has 0 radical (unpaired) electrons. The summed E-state index contributed by atoms with van der Waals surface area (Å²) in [5.74, 6) is -1.24. The highest BCUT2D eigenvalue weighted by Crippen LogP contribution is 2.24. The van der Waals surface area contributed by atoms with E-state index in [2.05, 4.69) is 10.6 Å². The minimum Gasteiger partial charge on any atom is -0.481 e. The molecule has 20 heavy (non-hydrogen) atoms. The fourth-order valence-corrected chi connectivity index (χ4v) is 2.36. The lowest BCUT2D eigenvalue weighted by Crippen LogP contribution is -2.51. The summed E-state index contributed by atoms with van der Waals surface area (Å²) in [5.41, 5.74) is 0. The SMILES string of the molecule is CC(NC(=O)NC1CCC(C(=O)O)CC1)C(=O)N(C)C. The van der Waals surface area contributed by atoms with Gasteiger partial charge in [-0.3, -0.25) is 9.59 Å². The Bertz CT molecular complexity index is 376. The largest absolute Gasteiger partial charge is 0.481 e. The van der Waals surface area contributed by atoms with Crippen LogP contribution in [0.15, 0.2) is 0 Å². The first-order chi connectivity index (χ1) is 9.31. The number of carbonyl (C=O) groups is 3. The van der Waals surface area contributed by atoms with E-state index < -0.39 is 12.0 Å². The Hall–Kier alpha value is -1.79. The summed E-state index contributed by atoms with van der Waals surface area (Å²) in [5, 5.41) is 14.3. The topological polar surface area (TPSA) is 98.7 Å². The first kappa shape index (κ1) is 16.3. The molecule has 3 N–H and O–H groups in total. The number of rotatable bonds is 4. The average molecular weight is 285 g/mol. The molecule has 1 atom stereocenters. The van der Waals surface area contributed by atoms with Gasteiger partial charge in [-0.05, 0) is 32.6 Å². The van der Waals surface area contributed by atoms with Crippen LogP contribution >= 0.6 is 0 Å². The van der Waals surface area contributed by atoms with E-state index in [9.17, 15) is 14.4 Å². The Balaban J connectivity index is 2.33. The van der Waals surface area contributed by atoms with Crippen molar-refractivity contribution >= 4 is 17.9 Å². The molecule has 1 unspecified atom stereocenters. The molecular weight excluding hydrogens is 262 g/mol. The molecule has 1 aliphatic rings. The smallest absolute Gasteiger partial charge is 0.315 e. The Morgan fingerprint density at radius 1 is 1.15 bits per heavy atom. The van der Waals surface area contributed by atoms with E-state index in [1.165, 1.54) is 4.90 Å². The predicted octanol–water partition coefficient (Wildman–Crippen LogP) is 0.406. The molecule has 0 bridgehead atoms. The van der Waals surface area contributed by atoms with Gasteiger partial charge in [0.15, 0.2) is 0 Å². The van der Waals surface area contributed by atoms with Crippen LogP contribution in [-0.2, 0) is 9.59 Å². The van der Waals surface area contributed by atoms with Gasteiger partial charge in [0, 0.05) is 20.1 Å². The molecule has 1 rings (SSSR count). The number of amides is 3. The Labute approximate surface area is 118 Å². The van der Waals surface area contributed by atoms with E-state index in [0.29, 0.717) is 25.7 Å². The lowest BCUT2D eigenvalue weighted by Gasteiger charge is -2.27. The van der Waals surface area contributed by atoms with Crippen molar-refractivity contribution in [1.29, 1.82) is 0 Å². The number of hydrogen-bond donors (Lipinski definition) is 3. The number of likely N-dealkylation sites (N-methyl/N-ethyl adjacent to an activating group) is 1. The van der Waals surface area contributed by atoms with E-state index in [1.54, 1.807) is 21.0 Å². The van der Waals surface area contributed by atoms with Crippen molar-refractivity contribution in [2.24, 2.45) is 5.92 Å². The molecular formula is C13H23N3O4. The van der Waals surface area contributed by atoms with Gasteiger partial charge in [0.25, 0.3) is 0 Å². The van der Waals surface area contributed by atoms with Crippen LogP contribution in [0.25, 0.3) is 0 Å². The van der Waals surface area contributed by atoms with Crippen molar-refractivity contribution in [3.63, 3.8) is 0 Å². The fourth-order valence-electron chi connectivity index (χ4n) is 2.36. The van der Waals surface area contributed by atoms with Gasteiger partial charge in [-0.15, -0.1) is 0 Å². The maximum atomic E-state index is 11.8. The summed E-state index contributed by atoms with van der Waals surface area (Å²) in [7, 11) is 3.26. The van der Waals surface area contributed by atoms with Gasteiger partial charge in [-0.1, -0.05) is 0 Å². The van der Waals surface area contributed by atoms with Gasteiger partial charge < -0.3 is 20.6 Å². The van der Waals surface area contributed by atoms with Crippen molar-refractivity contribution in [3.05, 3.63) is 0 Å². The summed E-state index contributed by atoms with van der Waals surface area (Å²) in [6.07, 6.45) is 2.46. The van der Waals surface area contributed by atoms with Crippen molar-refractivity contribution in [1.82, 2.24) is 15.5 Å². The molecule has 1 saturated carbocycles. The second-order valence-electron chi connectivity index (χ2n) is 5.46. The molecule has 1 fully saturated rings. The van der Waals surface area contributed by atoms with Gasteiger partial charge in [-0.2, -0.15) is 0 Å². The molecule has 0 spiro atoms. The van der Waals surface area contributed by atoms with Crippen LogP contribution in [0.5, 0.6) is 0 Å². The third kappa shape index (κ3) is 4.71. The van der Waals surface area contributed by atoms with Crippen LogP contribution in [0.1, 0.15) is 32.6 Å². The lowest BCUT2D eigenvalue weighted by atomic mass is 9.86. The van der Waals surface area contributed by atoms with Gasteiger partial charge in [0.05, 0.1) is 5.92 Å². The van der Waals surface area contributed by atoms with Crippen LogP contribution in [0.4, 0.5) is 4.79 Å². The third-order valence-corrected chi connectivity index (χ3v) is 3.57. The van der Waals surface area contributed by atoms with Crippen molar-refractivity contribution in [2.45, 2.75) is 44.7 Å². The highest BCUT2D eigenvalue weighted by Gasteiger charge is 2.27. The van der Waals surface area contributed by atoms with Crippen LogP contribution in [-0.4, -0.2) is 54.1 Å². The molecule has 0 heterocycles. The highest BCUT2D eigenvalue weighted by atomic mass is 16.4. The molecule has 0 aromatic carbocycles. The Kier molecular flexibility index (Phi) is 5.79. The van der Waals surface area contributed by atoms with Gasteiger partial charge in [-0.25, -0.2) is 4.79 Å². The quantitative estimate of drug-likeness (QED) is 0.696. The standard InChI is InChI=1S/C13H23N3O4/c1-8(11(17)16(2)3)14-13(20)15-10-6-4-9(5-7-10)12(18)19/h8-10H,4-7H2,1-3H3,(H,18,19)(H2,14,15,20). The van der Waals surface area contributed by atoms with Crippen molar-refractivity contribution < 1.29 is 19.5 Å². The fraction of sp³-hybridized carbons (Fsp3) is 0.769. The van der Waals surface area contributed by atoms with Crippen LogP contribution in [0.3, 0.4) is 0 Å². The Morgan fingerprint density at radius 3 is 2.15 bits per heavy atom. The summed E-state index contributed by atoms with van der Waals surface area (Å²) in [6.45, 7) is 1.63. The number of aliphatic carboxylic acids is 1. The van der Waals surface area contributed by atoms with E-state index in [1.807, 2.05) is 0 Å². The maximum absolute atomic E-state index is 11.8. The number of nitrogens with zero attached hydrogens (tertiary/aromatic N) is 1. The molecule has 0 aliphatic heterocycles. The summed E-state index contributed by atoms with van der Waals surface area (Å²) < 4.78 is 0. The zero-order chi connectivity index (χ0) is 15.3. The number of urea groups is 1. The van der Waals surface area contributed by atoms with Gasteiger partial charge >= 0.3 is 12.0 Å². The minimum absolute atomic E-state index is 0.0211. The van der Waals surface area contributed by atoms with Crippen LogP contribution < -0.4 is 10.6 Å². The molecule has 0 aromatic rings. The highest BCUT2D eigenvalue weighted by molar-refractivity contribution is 5.86. The molecule has 7 nitrogen and oxygen atoms in total. The number of nitrogens with one attached hydrogen (secondary N) is 2. The molecule has 7 heteroatoms. The average Bonchev–Trinajstić information content (AvgIpc) is 2.37. The van der Waals surface area contributed by atoms with Gasteiger partial charge in [0.1, 0.15) is 6.04 Å². The lowest BCUT2D eigenvalue weighted by molar-refractivity contribution is -0.142. The zero-order valence-corrected chi connectivity index (χ0v) is 12.2. The predicted molar refractivity (Wildman–Crippen MR) is 73.2 cm³/mol. The number of carboxylic acid groups (broad SMARTS) is 1. The number of carbonyl (C=O) groups excluding carboxylic acids is 2.